The number of ketones is 3. The van der Waals surface area contributed by atoms with Crippen LogP contribution in [0.25, 0.3) is 0 Å². The lowest BCUT2D eigenvalue weighted by atomic mass is 9.71. The molecule has 1 aliphatic heterocycles. The maximum atomic E-state index is 13.7. The minimum atomic E-state index is -4.24. The first-order valence-corrected chi connectivity index (χ1v) is 12.3. The van der Waals surface area contributed by atoms with Gasteiger partial charge in [-0.05, 0) is 42.0 Å². The monoisotopic (exact) mass is 636 g/mol. The van der Waals surface area contributed by atoms with Crippen molar-refractivity contribution in [3.05, 3.63) is 53.1 Å². The molecule has 18 nitrogen and oxygen atoms in total. The lowest BCUT2D eigenvalue weighted by Gasteiger charge is -2.50. The van der Waals surface area contributed by atoms with Crippen LogP contribution in [0.15, 0.2) is 36.4 Å². The molecular formula is C27H24O18. The van der Waals surface area contributed by atoms with Crippen LogP contribution < -0.4 is 0 Å². The zero-order chi connectivity index (χ0) is 33.9. The fourth-order valence-electron chi connectivity index (χ4n) is 4.69. The highest BCUT2D eigenvalue weighted by Crippen LogP contribution is 2.46. The van der Waals surface area contributed by atoms with Gasteiger partial charge in [0.25, 0.3) is 5.79 Å². The highest BCUT2D eigenvalue weighted by molar-refractivity contribution is 6.13. The molecule has 1 saturated heterocycles. The highest BCUT2D eigenvalue weighted by Gasteiger charge is 2.72. The van der Waals surface area contributed by atoms with Crippen molar-refractivity contribution < 1.29 is 90.6 Å². The quantitative estimate of drug-likeness (QED) is 0.0979. The van der Waals surface area contributed by atoms with Crippen molar-refractivity contribution in [2.24, 2.45) is 0 Å². The molecule has 0 spiro atoms. The fraction of sp³-hybridized carbons (Fsp3) is 0.222. The van der Waals surface area contributed by atoms with Crippen molar-refractivity contribution in [3.63, 3.8) is 0 Å². The van der Waals surface area contributed by atoms with E-state index in [1.807, 2.05) is 0 Å². The van der Waals surface area contributed by atoms with E-state index in [9.17, 15) is 85.9 Å². The summed E-state index contributed by atoms with van der Waals surface area (Å²) >= 11 is 0. The van der Waals surface area contributed by atoms with Gasteiger partial charge in [-0.25, -0.2) is 0 Å². The van der Waals surface area contributed by atoms with Crippen molar-refractivity contribution in [3.8, 4) is 51.7 Å². The Morgan fingerprint density at radius 3 is 1.38 bits per heavy atom. The second kappa shape index (κ2) is 11.0. The smallest absolute Gasteiger partial charge is 0.272 e. The molecule has 2 unspecified atom stereocenters. The van der Waals surface area contributed by atoms with E-state index in [0.717, 1.165) is 0 Å². The average molecular weight is 636 g/mol. The van der Waals surface area contributed by atoms with Crippen molar-refractivity contribution in [2.45, 2.75) is 35.8 Å². The predicted molar refractivity (Wildman–Crippen MR) is 140 cm³/mol. The molecule has 6 atom stereocenters. The maximum absolute atomic E-state index is 13.7. The van der Waals surface area contributed by atoms with Crippen molar-refractivity contribution in [1.29, 1.82) is 0 Å². The molecule has 3 aromatic carbocycles. The van der Waals surface area contributed by atoms with E-state index in [1.165, 1.54) is 0 Å². The molecule has 0 aliphatic carbocycles. The first kappa shape index (κ1) is 32.5. The summed E-state index contributed by atoms with van der Waals surface area (Å²) in [6, 6.07) is 2.70. The molecule has 1 fully saturated rings. The van der Waals surface area contributed by atoms with Crippen LogP contribution in [-0.4, -0.2) is 119 Å². The number of carbonyl (C=O) groups is 3. The molecule has 0 bridgehead atoms. The summed E-state index contributed by atoms with van der Waals surface area (Å²) in [5.74, 6) is -20.3. The Bertz CT molecular complexity index is 1670. The number of carbonyl (C=O) groups excluding carboxylic acids is 3. The van der Waals surface area contributed by atoms with Crippen LogP contribution in [0, 0.1) is 0 Å². The number of hydrogen-bond acceptors (Lipinski definition) is 18. The molecule has 0 aromatic heterocycles. The number of phenolic OH excluding ortho intramolecular Hbond substituents is 9. The number of benzene rings is 3. The Morgan fingerprint density at radius 1 is 0.622 bits per heavy atom. The molecule has 1 heterocycles. The largest absolute Gasteiger partial charge is 0.504 e. The van der Waals surface area contributed by atoms with Gasteiger partial charge in [0, 0.05) is 11.1 Å². The fourth-order valence-corrected chi connectivity index (χ4v) is 4.69. The van der Waals surface area contributed by atoms with Gasteiger partial charge in [0.1, 0.15) is 18.3 Å². The van der Waals surface area contributed by atoms with E-state index in [4.69, 9.17) is 4.74 Å². The van der Waals surface area contributed by atoms with E-state index in [0.29, 0.717) is 36.4 Å². The van der Waals surface area contributed by atoms with Crippen LogP contribution in [-0.2, 0) is 9.53 Å². The van der Waals surface area contributed by atoms with Gasteiger partial charge >= 0.3 is 0 Å². The lowest BCUT2D eigenvalue weighted by Crippen LogP contribution is -2.79. The van der Waals surface area contributed by atoms with Crippen LogP contribution in [0.1, 0.15) is 32.4 Å². The first-order valence-electron chi connectivity index (χ1n) is 12.3. The number of hydrogen-bond donors (Lipinski definition) is 14. The lowest BCUT2D eigenvalue weighted by molar-refractivity contribution is -0.336. The highest BCUT2D eigenvalue weighted by atomic mass is 16.7. The summed E-state index contributed by atoms with van der Waals surface area (Å²) < 4.78 is 5.06. The standard InChI is InChI=1S/C27H24O18/c28-10-1-7(2-11(29)17(10)35)16(34)20(38)22-21(39)25(42)26(43,23(40)8-3-12(30)18(36)13(31)4-8)27(44,45-22)24(41)9-5-14(32)19(37)15(33)6-9/h1-6,16,21-22,25,28-37,39,42-44H/t16?,21-,22-,25+,26-,27?/m1/s1. The summed E-state index contributed by atoms with van der Waals surface area (Å²) in [5, 5.41) is 143. The number of aliphatic hydroxyl groups is 5. The SMILES string of the molecule is O=C(C(O)c1cc(O)c(O)c(O)c1)[C@H]1OC(O)(C(=O)c2cc(O)c(O)c(O)c2)[C@@](O)(C(=O)c2cc(O)c(O)c(O)c2)[C@@H](O)[C@@H]1O. The van der Waals surface area contributed by atoms with Crippen molar-refractivity contribution in [2.75, 3.05) is 0 Å². The predicted octanol–water partition coefficient (Wildman–Crippen LogP) is -2.05. The van der Waals surface area contributed by atoms with E-state index < -0.39 is 122 Å². The topological polar surface area (TPSA) is 344 Å². The normalized spacial score (nSPS) is 25.4. The first-order chi connectivity index (χ1) is 20.8. The van der Waals surface area contributed by atoms with Crippen LogP contribution >= 0.6 is 0 Å². The number of rotatable bonds is 7. The molecule has 0 saturated carbocycles. The van der Waals surface area contributed by atoms with Gasteiger partial charge < -0.3 is 76.2 Å². The van der Waals surface area contributed by atoms with Gasteiger partial charge in [-0.15, -0.1) is 0 Å². The Labute approximate surface area is 249 Å². The van der Waals surface area contributed by atoms with E-state index in [-0.39, 0.29) is 0 Å². The van der Waals surface area contributed by atoms with Gasteiger partial charge in [0.2, 0.25) is 17.2 Å². The van der Waals surface area contributed by atoms with Gasteiger partial charge in [0.05, 0.1) is 0 Å². The van der Waals surface area contributed by atoms with Gasteiger partial charge in [-0.3, -0.25) is 14.4 Å². The summed E-state index contributed by atoms with van der Waals surface area (Å²) in [5.41, 5.74) is -6.88. The molecule has 3 aromatic rings. The number of Topliss-reactive ketones (excluding diaryl/α,β-unsaturated/α-hetero) is 3. The zero-order valence-electron chi connectivity index (χ0n) is 22.2. The van der Waals surface area contributed by atoms with Crippen molar-refractivity contribution in [1.82, 2.24) is 0 Å². The molecule has 0 radical (unpaired) electrons. The Morgan fingerprint density at radius 2 is 0.978 bits per heavy atom. The van der Waals surface area contributed by atoms with E-state index >= 15 is 0 Å². The molecule has 14 N–H and O–H groups in total. The average Bonchev–Trinajstić information content (AvgIpc) is 2.99. The summed E-state index contributed by atoms with van der Waals surface area (Å²) in [6.45, 7) is 0. The van der Waals surface area contributed by atoms with Crippen LogP contribution in [0.5, 0.6) is 51.7 Å². The second-order valence-electron chi connectivity index (χ2n) is 9.98. The Balaban J connectivity index is 1.90. The number of phenols is 9. The van der Waals surface area contributed by atoms with Crippen LogP contribution in [0.3, 0.4) is 0 Å². The third kappa shape index (κ3) is 4.92. The van der Waals surface area contributed by atoms with Crippen LogP contribution in [0.2, 0.25) is 0 Å². The van der Waals surface area contributed by atoms with Gasteiger partial charge in [-0.1, -0.05) is 0 Å². The molecule has 240 valence electrons. The second-order valence-corrected chi connectivity index (χ2v) is 9.98. The molecular weight excluding hydrogens is 612 g/mol. The zero-order valence-corrected chi connectivity index (χ0v) is 22.2. The Hall–Kier alpha value is -5.37. The van der Waals surface area contributed by atoms with Gasteiger partial charge in [0.15, 0.2) is 63.6 Å². The van der Waals surface area contributed by atoms with Crippen LogP contribution in [0.4, 0.5) is 0 Å². The van der Waals surface area contributed by atoms with E-state index in [2.05, 4.69) is 0 Å². The number of ether oxygens (including phenoxy) is 1. The maximum Gasteiger partial charge on any atom is 0.272 e. The molecule has 45 heavy (non-hydrogen) atoms. The summed E-state index contributed by atoms with van der Waals surface area (Å²) in [4.78, 5) is 40.5. The molecule has 4 rings (SSSR count). The molecule has 0 amide bonds. The third-order valence-corrected chi connectivity index (χ3v) is 7.15. The summed E-state index contributed by atoms with van der Waals surface area (Å²) in [6.07, 6.45) is -11.2. The number of aliphatic hydroxyl groups excluding tert-OH is 3. The van der Waals surface area contributed by atoms with Crippen molar-refractivity contribution >= 4 is 17.3 Å². The minimum Gasteiger partial charge on any atom is -0.504 e. The van der Waals surface area contributed by atoms with Gasteiger partial charge in [-0.2, -0.15) is 0 Å². The molecule has 1 aliphatic rings. The van der Waals surface area contributed by atoms with E-state index in [1.54, 1.807) is 0 Å². The molecule has 18 heteroatoms. The third-order valence-electron chi connectivity index (χ3n) is 7.15. The summed E-state index contributed by atoms with van der Waals surface area (Å²) in [7, 11) is 0. The minimum absolute atomic E-state index is 0.382. The Kier molecular flexibility index (Phi) is 7.93. The number of aromatic hydroxyl groups is 9.